The topological polar surface area (TPSA) is 69.2 Å². The van der Waals surface area contributed by atoms with Crippen molar-refractivity contribution in [3.63, 3.8) is 0 Å². The van der Waals surface area contributed by atoms with Gasteiger partial charge in [-0.05, 0) is 18.1 Å². The van der Waals surface area contributed by atoms with Gasteiger partial charge in [0, 0.05) is 12.1 Å². The van der Waals surface area contributed by atoms with Crippen LogP contribution in [0, 0.1) is 10.1 Å². The van der Waals surface area contributed by atoms with E-state index in [0.717, 1.165) is 24.8 Å². The molecule has 0 aromatic heterocycles. The molecule has 0 amide bonds. The van der Waals surface area contributed by atoms with Gasteiger partial charge in [-0.15, -0.1) is 12.4 Å². The van der Waals surface area contributed by atoms with Gasteiger partial charge >= 0.3 is 0 Å². The molecule has 1 rings (SSSR count). The lowest BCUT2D eigenvalue weighted by atomic mass is 10.0. The Morgan fingerprint density at radius 3 is 2.71 bits per heavy atom. The molecule has 17 heavy (non-hydrogen) atoms. The van der Waals surface area contributed by atoms with Crippen molar-refractivity contribution in [3.05, 3.63) is 38.9 Å². The number of hydrogen-bond acceptors (Lipinski definition) is 3. The first-order chi connectivity index (χ1) is 7.56. The lowest BCUT2D eigenvalue weighted by molar-refractivity contribution is -0.384. The zero-order valence-electron chi connectivity index (χ0n) is 9.56. The van der Waals surface area contributed by atoms with Crippen molar-refractivity contribution in [2.45, 2.75) is 32.2 Å². The molecule has 0 aliphatic heterocycles. The highest BCUT2D eigenvalue weighted by Gasteiger charge is 2.15. The first-order valence-electron chi connectivity index (χ1n) is 5.25. The molecule has 1 atom stereocenters. The third-order valence-corrected chi connectivity index (χ3v) is 2.78. The monoisotopic (exact) mass is 278 g/mol. The minimum absolute atomic E-state index is 0. The minimum atomic E-state index is -0.488. The van der Waals surface area contributed by atoms with Crippen LogP contribution in [0.2, 0.25) is 5.02 Å². The van der Waals surface area contributed by atoms with E-state index in [1.807, 2.05) is 0 Å². The van der Waals surface area contributed by atoms with E-state index >= 15 is 0 Å². The number of rotatable bonds is 5. The fourth-order valence-corrected chi connectivity index (χ4v) is 1.68. The fourth-order valence-electron chi connectivity index (χ4n) is 1.49. The van der Waals surface area contributed by atoms with Crippen LogP contribution in [-0.4, -0.2) is 4.92 Å². The van der Waals surface area contributed by atoms with Crippen molar-refractivity contribution in [2.75, 3.05) is 0 Å². The standard InChI is InChI=1S/C11H15ClN2O2.ClH/c1-2-3-4-10(13)8-5-6-9(12)11(7-8)14(15)16;/h5-7,10H,2-4,13H2,1H3;1H/t10-;/m1./s1. The SMILES string of the molecule is CCCC[C@@H](N)c1ccc(Cl)c([N+](=O)[O-])c1.Cl. The van der Waals surface area contributed by atoms with E-state index in [2.05, 4.69) is 6.92 Å². The van der Waals surface area contributed by atoms with E-state index in [-0.39, 0.29) is 29.2 Å². The Balaban J connectivity index is 0.00000256. The lowest BCUT2D eigenvalue weighted by Gasteiger charge is -2.11. The summed E-state index contributed by atoms with van der Waals surface area (Å²) in [4.78, 5) is 10.2. The average Bonchev–Trinajstić information content (AvgIpc) is 2.26. The van der Waals surface area contributed by atoms with Crippen LogP contribution in [0.1, 0.15) is 37.8 Å². The number of unbranched alkanes of at least 4 members (excludes halogenated alkanes) is 1. The van der Waals surface area contributed by atoms with Gasteiger partial charge in [0.25, 0.3) is 5.69 Å². The highest BCUT2D eigenvalue weighted by molar-refractivity contribution is 6.32. The quantitative estimate of drug-likeness (QED) is 0.657. The molecule has 6 heteroatoms. The van der Waals surface area contributed by atoms with Gasteiger partial charge in [0.1, 0.15) is 5.02 Å². The Kier molecular flexibility index (Phi) is 7.11. The molecule has 0 saturated heterocycles. The molecule has 1 aromatic rings. The highest BCUT2D eigenvalue weighted by atomic mass is 35.5. The molecule has 0 unspecified atom stereocenters. The lowest BCUT2D eigenvalue weighted by Crippen LogP contribution is -2.10. The number of halogens is 2. The largest absolute Gasteiger partial charge is 0.324 e. The maximum atomic E-state index is 10.7. The van der Waals surface area contributed by atoms with Gasteiger partial charge in [-0.1, -0.05) is 37.4 Å². The summed E-state index contributed by atoms with van der Waals surface area (Å²) in [6, 6.07) is 4.58. The highest BCUT2D eigenvalue weighted by Crippen LogP contribution is 2.28. The second kappa shape index (κ2) is 7.48. The molecule has 0 aliphatic rings. The number of nitrogens with zero attached hydrogens (tertiary/aromatic N) is 1. The molecule has 0 saturated carbocycles. The molecule has 2 N–H and O–H groups in total. The van der Waals surface area contributed by atoms with Gasteiger partial charge in [-0.3, -0.25) is 10.1 Å². The van der Waals surface area contributed by atoms with Crippen LogP contribution in [0.3, 0.4) is 0 Å². The zero-order valence-corrected chi connectivity index (χ0v) is 11.1. The maximum absolute atomic E-state index is 10.7. The first kappa shape index (κ1) is 16.2. The van der Waals surface area contributed by atoms with E-state index in [4.69, 9.17) is 17.3 Å². The zero-order chi connectivity index (χ0) is 12.1. The second-order valence-electron chi connectivity index (χ2n) is 3.72. The van der Waals surface area contributed by atoms with E-state index in [9.17, 15) is 10.1 Å². The van der Waals surface area contributed by atoms with Crippen molar-refractivity contribution in [1.82, 2.24) is 0 Å². The first-order valence-corrected chi connectivity index (χ1v) is 5.63. The van der Waals surface area contributed by atoms with Crippen molar-refractivity contribution >= 4 is 29.7 Å². The molecule has 0 radical (unpaired) electrons. The molecule has 0 aliphatic carbocycles. The summed E-state index contributed by atoms with van der Waals surface area (Å²) in [5.41, 5.74) is 6.62. The molecule has 0 fully saturated rings. The Hall–Kier alpha value is -0.840. The Morgan fingerprint density at radius 2 is 2.18 bits per heavy atom. The van der Waals surface area contributed by atoms with E-state index in [0.29, 0.717) is 0 Å². The summed E-state index contributed by atoms with van der Waals surface area (Å²) in [5, 5.41) is 10.8. The normalized spacial score (nSPS) is 11.7. The predicted octanol–water partition coefficient (Wildman–Crippen LogP) is 3.86. The summed E-state index contributed by atoms with van der Waals surface area (Å²) in [5.74, 6) is 0. The van der Waals surface area contributed by atoms with Gasteiger partial charge in [0.15, 0.2) is 0 Å². The Morgan fingerprint density at radius 1 is 1.53 bits per heavy atom. The van der Waals surface area contributed by atoms with Crippen LogP contribution in [0.5, 0.6) is 0 Å². The molecule has 1 aromatic carbocycles. The summed E-state index contributed by atoms with van der Waals surface area (Å²) in [7, 11) is 0. The van der Waals surface area contributed by atoms with Gasteiger partial charge in [-0.25, -0.2) is 0 Å². The van der Waals surface area contributed by atoms with Crippen LogP contribution < -0.4 is 5.73 Å². The molecule has 0 bridgehead atoms. The number of benzene rings is 1. The van der Waals surface area contributed by atoms with Crippen molar-refractivity contribution in [1.29, 1.82) is 0 Å². The van der Waals surface area contributed by atoms with Crippen LogP contribution in [0.25, 0.3) is 0 Å². The van der Waals surface area contributed by atoms with Crippen molar-refractivity contribution < 1.29 is 4.92 Å². The predicted molar refractivity (Wildman–Crippen MR) is 71.8 cm³/mol. The van der Waals surface area contributed by atoms with E-state index in [1.165, 1.54) is 12.1 Å². The minimum Gasteiger partial charge on any atom is -0.324 e. The summed E-state index contributed by atoms with van der Waals surface area (Å²) >= 11 is 5.72. The van der Waals surface area contributed by atoms with Gasteiger partial charge < -0.3 is 5.73 Å². The summed E-state index contributed by atoms with van der Waals surface area (Å²) < 4.78 is 0. The van der Waals surface area contributed by atoms with Crippen molar-refractivity contribution in [3.8, 4) is 0 Å². The van der Waals surface area contributed by atoms with Crippen LogP contribution in [0.15, 0.2) is 18.2 Å². The average molecular weight is 279 g/mol. The molecular formula is C11H16Cl2N2O2. The molecule has 96 valence electrons. The molecular weight excluding hydrogens is 263 g/mol. The number of nitro groups is 1. The third-order valence-electron chi connectivity index (χ3n) is 2.46. The van der Waals surface area contributed by atoms with Crippen LogP contribution in [-0.2, 0) is 0 Å². The number of nitro benzene ring substituents is 1. The second-order valence-corrected chi connectivity index (χ2v) is 4.12. The van der Waals surface area contributed by atoms with Crippen LogP contribution in [0.4, 0.5) is 5.69 Å². The van der Waals surface area contributed by atoms with E-state index < -0.39 is 4.92 Å². The van der Waals surface area contributed by atoms with Crippen molar-refractivity contribution in [2.24, 2.45) is 5.73 Å². The third kappa shape index (κ3) is 4.50. The van der Waals surface area contributed by atoms with Gasteiger partial charge in [0.05, 0.1) is 4.92 Å². The summed E-state index contributed by atoms with van der Waals surface area (Å²) in [6.45, 7) is 2.08. The molecule has 0 heterocycles. The molecule has 0 spiro atoms. The Labute approximate surface area is 112 Å². The summed E-state index contributed by atoms with van der Waals surface area (Å²) in [6.07, 6.45) is 2.90. The van der Waals surface area contributed by atoms with Gasteiger partial charge in [0.2, 0.25) is 0 Å². The maximum Gasteiger partial charge on any atom is 0.288 e. The van der Waals surface area contributed by atoms with E-state index in [1.54, 1.807) is 6.07 Å². The van der Waals surface area contributed by atoms with Gasteiger partial charge in [-0.2, -0.15) is 0 Å². The number of hydrogen-bond donors (Lipinski definition) is 1. The van der Waals surface area contributed by atoms with Crippen LogP contribution >= 0.6 is 24.0 Å². The fraction of sp³-hybridized carbons (Fsp3) is 0.455. The number of nitrogens with two attached hydrogens (primary N) is 1. The smallest absolute Gasteiger partial charge is 0.288 e. The Bertz CT molecular complexity index is 386. The molecule has 4 nitrogen and oxygen atoms in total.